The second-order valence-electron chi connectivity index (χ2n) is 7.81. The van der Waals surface area contributed by atoms with E-state index in [-0.39, 0.29) is 11.5 Å². The molecular formula is C22H26ClNO2. The summed E-state index contributed by atoms with van der Waals surface area (Å²) in [5, 5.41) is 14.5. The number of halogens is 1. The summed E-state index contributed by atoms with van der Waals surface area (Å²) in [4.78, 5) is 0. The SMILES string of the molecule is C[C@@H](NC(O)c1ccc(Cl)cc1)[C@H]1CC[C@@]2(CC1)COc1ccccc12. The molecule has 1 unspecified atom stereocenters. The molecular weight excluding hydrogens is 346 g/mol. The first-order valence-electron chi connectivity index (χ1n) is 9.49. The highest BCUT2D eigenvalue weighted by Crippen LogP contribution is 2.49. The van der Waals surface area contributed by atoms with E-state index in [0.717, 1.165) is 43.6 Å². The number of nitrogens with one attached hydrogen (secondary N) is 1. The molecule has 2 aromatic rings. The summed E-state index contributed by atoms with van der Waals surface area (Å²) in [5.41, 5.74) is 2.44. The van der Waals surface area contributed by atoms with Gasteiger partial charge in [-0.1, -0.05) is 41.9 Å². The molecule has 4 heteroatoms. The number of fused-ring (bicyclic) bond motifs is 2. The summed E-state index contributed by atoms with van der Waals surface area (Å²) < 4.78 is 5.95. The van der Waals surface area contributed by atoms with Crippen LogP contribution in [0.5, 0.6) is 5.75 Å². The van der Waals surface area contributed by atoms with Crippen LogP contribution in [0, 0.1) is 5.92 Å². The summed E-state index contributed by atoms with van der Waals surface area (Å²) in [6.07, 6.45) is 3.95. The van der Waals surface area contributed by atoms with E-state index in [1.165, 1.54) is 5.56 Å². The number of benzene rings is 2. The van der Waals surface area contributed by atoms with Gasteiger partial charge in [0.1, 0.15) is 12.0 Å². The largest absolute Gasteiger partial charge is 0.492 e. The quantitative estimate of drug-likeness (QED) is 0.756. The third kappa shape index (κ3) is 3.36. The third-order valence-corrected chi connectivity index (χ3v) is 6.52. The van der Waals surface area contributed by atoms with Crippen molar-refractivity contribution in [3.05, 3.63) is 64.7 Å². The Balaban J connectivity index is 1.37. The van der Waals surface area contributed by atoms with Crippen molar-refractivity contribution in [1.82, 2.24) is 5.32 Å². The van der Waals surface area contributed by atoms with E-state index in [2.05, 4.69) is 30.4 Å². The second-order valence-corrected chi connectivity index (χ2v) is 8.25. The van der Waals surface area contributed by atoms with Gasteiger partial charge in [0.05, 0.1) is 6.61 Å². The van der Waals surface area contributed by atoms with Crippen LogP contribution in [0.4, 0.5) is 0 Å². The van der Waals surface area contributed by atoms with Crippen LogP contribution in [-0.2, 0) is 5.41 Å². The first-order chi connectivity index (χ1) is 12.6. The highest BCUT2D eigenvalue weighted by molar-refractivity contribution is 6.30. The molecule has 0 saturated heterocycles. The first-order valence-corrected chi connectivity index (χ1v) is 9.87. The van der Waals surface area contributed by atoms with Crippen molar-refractivity contribution < 1.29 is 9.84 Å². The lowest BCUT2D eigenvalue weighted by Gasteiger charge is -2.39. The molecule has 2 N–H and O–H groups in total. The highest BCUT2D eigenvalue weighted by Gasteiger charge is 2.43. The van der Waals surface area contributed by atoms with Crippen molar-refractivity contribution in [3.8, 4) is 5.75 Å². The van der Waals surface area contributed by atoms with Gasteiger partial charge in [-0.15, -0.1) is 0 Å². The van der Waals surface area contributed by atoms with Gasteiger partial charge in [0.25, 0.3) is 0 Å². The van der Waals surface area contributed by atoms with Crippen molar-refractivity contribution >= 4 is 11.6 Å². The zero-order chi connectivity index (χ0) is 18.1. The summed E-state index contributed by atoms with van der Waals surface area (Å²) in [6, 6.07) is 16.1. The topological polar surface area (TPSA) is 41.5 Å². The molecule has 1 heterocycles. The normalized spacial score (nSPS) is 27.0. The number of aliphatic hydroxyl groups is 1. The van der Waals surface area contributed by atoms with Gasteiger partial charge in [-0.05, 0) is 62.3 Å². The fourth-order valence-electron chi connectivity index (χ4n) is 4.56. The maximum atomic E-state index is 10.5. The number of rotatable bonds is 4. The number of hydrogen-bond donors (Lipinski definition) is 2. The van der Waals surface area contributed by atoms with Gasteiger partial charge in [0.15, 0.2) is 0 Å². The Morgan fingerprint density at radius 3 is 2.54 bits per heavy atom. The number of para-hydroxylation sites is 1. The second kappa shape index (κ2) is 7.22. The molecule has 2 aliphatic rings. The maximum Gasteiger partial charge on any atom is 0.131 e. The standard InChI is InChI=1S/C22H26ClNO2/c1-15(24-21(25)17-6-8-18(23)9-7-17)16-10-12-22(13-11-16)14-26-20-5-3-2-4-19(20)22/h2-9,15-16,21,24-25H,10-14H2,1H3/t15-,16-,21?,22+/m1/s1. The number of aliphatic hydroxyl groups excluding tert-OH is 1. The van der Waals surface area contributed by atoms with Gasteiger partial charge in [-0.25, -0.2) is 0 Å². The van der Waals surface area contributed by atoms with Crippen molar-refractivity contribution in [1.29, 1.82) is 0 Å². The maximum absolute atomic E-state index is 10.5. The average molecular weight is 372 g/mol. The summed E-state index contributed by atoms with van der Waals surface area (Å²) in [7, 11) is 0. The predicted molar refractivity (Wildman–Crippen MR) is 105 cm³/mol. The van der Waals surface area contributed by atoms with Gasteiger partial charge >= 0.3 is 0 Å². The molecule has 0 radical (unpaired) electrons. The molecule has 0 amide bonds. The lowest BCUT2D eigenvalue weighted by molar-refractivity contribution is 0.0946. The van der Waals surface area contributed by atoms with Gasteiger partial charge in [0.2, 0.25) is 0 Å². The Bertz CT molecular complexity index is 753. The van der Waals surface area contributed by atoms with Crippen LogP contribution >= 0.6 is 11.6 Å². The van der Waals surface area contributed by atoms with E-state index in [4.69, 9.17) is 16.3 Å². The van der Waals surface area contributed by atoms with Crippen molar-refractivity contribution in [2.75, 3.05) is 6.61 Å². The minimum atomic E-state index is -0.659. The zero-order valence-corrected chi connectivity index (χ0v) is 15.9. The van der Waals surface area contributed by atoms with Crippen molar-refractivity contribution in [3.63, 3.8) is 0 Å². The molecule has 26 heavy (non-hydrogen) atoms. The van der Waals surface area contributed by atoms with Crippen LogP contribution in [0.1, 0.15) is 50.0 Å². The summed E-state index contributed by atoms with van der Waals surface area (Å²) >= 11 is 5.93. The summed E-state index contributed by atoms with van der Waals surface area (Å²) in [6.45, 7) is 3.00. The molecule has 1 fully saturated rings. The number of ether oxygens (including phenoxy) is 1. The smallest absolute Gasteiger partial charge is 0.131 e. The van der Waals surface area contributed by atoms with Crippen LogP contribution in [0.3, 0.4) is 0 Å². The Morgan fingerprint density at radius 2 is 1.81 bits per heavy atom. The van der Waals surface area contributed by atoms with Gasteiger partial charge < -0.3 is 9.84 Å². The first kappa shape index (κ1) is 17.8. The van der Waals surface area contributed by atoms with Crippen LogP contribution in [0.25, 0.3) is 0 Å². The van der Waals surface area contributed by atoms with Crippen LogP contribution in [0.15, 0.2) is 48.5 Å². The lowest BCUT2D eigenvalue weighted by Crippen LogP contribution is -2.41. The molecule has 1 aliphatic carbocycles. The molecule has 3 nitrogen and oxygen atoms in total. The molecule has 1 saturated carbocycles. The Labute approximate surface area is 160 Å². The van der Waals surface area contributed by atoms with E-state index in [9.17, 15) is 5.11 Å². The molecule has 1 aliphatic heterocycles. The summed E-state index contributed by atoms with van der Waals surface area (Å²) in [5.74, 6) is 1.63. The van der Waals surface area contributed by atoms with E-state index < -0.39 is 6.23 Å². The molecule has 2 atom stereocenters. The zero-order valence-electron chi connectivity index (χ0n) is 15.1. The molecule has 138 valence electrons. The molecule has 0 bridgehead atoms. The van der Waals surface area contributed by atoms with E-state index in [1.54, 1.807) is 0 Å². The monoisotopic (exact) mass is 371 g/mol. The highest BCUT2D eigenvalue weighted by atomic mass is 35.5. The van der Waals surface area contributed by atoms with Gasteiger partial charge in [0, 0.05) is 22.0 Å². The molecule has 2 aromatic carbocycles. The molecule has 1 spiro atoms. The minimum absolute atomic E-state index is 0.196. The van der Waals surface area contributed by atoms with Crippen LogP contribution < -0.4 is 10.1 Å². The minimum Gasteiger partial charge on any atom is -0.492 e. The van der Waals surface area contributed by atoms with E-state index >= 15 is 0 Å². The Kier molecular flexibility index (Phi) is 4.96. The Hall–Kier alpha value is -1.55. The predicted octanol–water partition coefficient (Wildman–Crippen LogP) is 4.83. The lowest BCUT2D eigenvalue weighted by atomic mass is 9.66. The van der Waals surface area contributed by atoms with Crippen LogP contribution in [-0.4, -0.2) is 17.8 Å². The third-order valence-electron chi connectivity index (χ3n) is 6.26. The van der Waals surface area contributed by atoms with E-state index in [1.807, 2.05) is 30.3 Å². The van der Waals surface area contributed by atoms with Crippen molar-refractivity contribution in [2.24, 2.45) is 5.92 Å². The number of hydrogen-bond acceptors (Lipinski definition) is 3. The molecule has 4 rings (SSSR count). The van der Waals surface area contributed by atoms with Crippen LogP contribution in [0.2, 0.25) is 5.02 Å². The Morgan fingerprint density at radius 1 is 1.12 bits per heavy atom. The fourth-order valence-corrected chi connectivity index (χ4v) is 4.68. The van der Waals surface area contributed by atoms with Gasteiger partial charge in [-0.2, -0.15) is 0 Å². The van der Waals surface area contributed by atoms with Crippen molar-refractivity contribution in [2.45, 2.75) is 50.3 Å². The average Bonchev–Trinajstić information content (AvgIpc) is 3.01. The fraction of sp³-hybridized carbons (Fsp3) is 0.455. The van der Waals surface area contributed by atoms with E-state index in [0.29, 0.717) is 10.9 Å². The molecule has 0 aromatic heterocycles. The van der Waals surface area contributed by atoms with Gasteiger partial charge in [-0.3, -0.25) is 5.32 Å².